The third kappa shape index (κ3) is 7.02. The van der Waals surface area contributed by atoms with Crippen LogP contribution in [0.25, 0.3) is 53.6 Å². The van der Waals surface area contributed by atoms with Gasteiger partial charge in [-0.1, -0.05) is 37.3 Å². The van der Waals surface area contributed by atoms with Crippen LogP contribution < -0.4 is 10.6 Å². The first kappa shape index (κ1) is 37.0. The first-order chi connectivity index (χ1) is 27.1. The minimum Gasteiger partial charge on any atom is -0.453 e. The molecule has 15 heteroatoms. The van der Waals surface area contributed by atoms with Crippen molar-refractivity contribution in [1.82, 2.24) is 40.4 Å². The molecule has 14 nitrogen and oxygen atoms in total. The number of nitrogens with zero attached hydrogens (tertiary/aromatic N) is 4. The van der Waals surface area contributed by atoms with Crippen LogP contribution in [-0.2, 0) is 25.6 Å². The van der Waals surface area contributed by atoms with Crippen molar-refractivity contribution < 1.29 is 28.7 Å². The van der Waals surface area contributed by atoms with Crippen molar-refractivity contribution >= 4 is 66.5 Å². The second kappa shape index (κ2) is 15.3. The van der Waals surface area contributed by atoms with Gasteiger partial charge in [0, 0.05) is 38.3 Å². The van der Waals surface area contributed by atoms with Crippen LogP contribution in [0.5, 0.6) is 0 Å². The molecule has 1 saturated heterocycles. The fourth-order valence-corrected chi connectivity index (χ4v) is 9.50. The number of nitrogens with one attached hydrogen (secondary N) is 4. The minimum atomic E-state index is -0.704. The normalized spacial score (nSPS) is 18.1. The minimum absolute atomic E-state index is 0.123. The Labute approximate surface area is 327 Å². The van der Waals surface area contributed by atoms with Crippen LogP contribution in [0.4, 0.5) is 9.59 Å². The number of imidazole rings is 2. The Kier molecular flexibility index (Phi) is 10.1. The van der Waals surface area contributed by atoms with Gasteiger partial charge in [-0.25, -0.2) is 19.6 Å². The summed E-state index contributed by atoms with van der Waals surface area (Å²) in [6, 6.07) is 18.4. The molecule has 4 unspecified atom stereocenters. The summed E-state index contributed by atoms with van der Waals surface area (Å²) < 4.78 is 11.6. The summed E-state index contributed by atoms with van der Waals surface area (Å²) in [6.45, 7) is 4.37. The molecule has 2 aliphatic rings. The SMILES string of the molecule is CCCN(Cc1ncc(-c2ccc3c(c2)sc2cc(-c4ccc5nc(C6C7CCC(C7)N6C(=O)C(C)NC(=O)OC)[nH]c5c4)ccc23)[nH]1)C(=O)CNC(=O)OC. The zero-order chi connectivity index (χ0) is 39.1. The third-order valence-corrected chi connectivity index (χ3v) is 12.1. The summed E-state index contributed by atoms with van der Waals surface area (Å²) in [5.74, 6) is 1.42. The molecule has 3 aromatic heterocycles. The van der Waals surface area contributed by atoms with Crippen molar-refractivity contribution in [1.29, 1.82) is 0 Å². The summed E-state index contributed by atoms with van der Waals surface area (Å²) in [5.41, 5.74) is 5.76. The van der Waals surface area contributed by atoms with E-state index in [0.717, 1.165) is 69.6 Å². The number of hydrogen-bond donors (Lipinski definition) is 4. The quantitative estimate of drug-likeness (QED) is 0.110. The molecule has 4 N–H and O–H groups in total. The van der Waals surface area contributed by atoms with E-state index in [2.05, 4.69) is 78.9 Å². The number of amides is 4. The van der Waals surface area contributed by atoms with E-state index in [1.165, 1.54) is 29.7 Å². The lowest BCUT2D eigenvalue weighted by atomic mass is 9.97. The number of fused-ring (bicyclic) bond motifs is 6. The highest BCUT2D eigenvalue weighted by Gasteiger charge is 2.50. The number of hydrogen-bond acceptors (Lipinski definition) is 9. The van der Waals surface area contributed by atoms with Crippen LogP contribution in [0.15, 0.2) is 60.8 Å². The number of H-pyrrole nitrogens is 2. The molecule has 1 aliphatic heterocycles. The van der Waals surface area contributed by atoms with Gasteiger partial charge in [-0.2, -0.15) is 0 Å². The molecular weight excluding hydrogens is 733 g/mol. The molecule has 3 aromatic carbocycles. The molecule has 6 aromatic rings. The largest absolute Gasteiger partial charge is 0.453 e. The van der Waals surface area contributed by atoms with Gasteiger partial charge < -0.3 is 39.9 Å². The van der Waals surface area contributed by atoms with E-state index in [0.29, 0.717) is 24.8 Å². The fourth-order valence-electron chi connectivity index (χ4n) is 8.32. The van der Waals surface area contributed by atoms with Gasteiger partial charge >= 0.3 is 12.2 Å². The van der Waals surface area contributed by atoms with E-state index in [9.17, 15) is 19.2 Å². The van der Waals surface area contributed by atoms with Crippen molar-refractivity contribution in [2.45, 2.75) is 64.2 Å². The fraction of sp³-hybridized carbons (Fsp3) is 0.366. The molecule has 290 valence electrons. The lowest BCUT2D eigenvalue weighted by Gasteiger charge is -2.35. The highest BCUT2D eigenvalue weighted by atomic mass is 32.1. The molecule has 4 heterocycles. The first-order valence-electron chi connectivity index (χ1n) is 18.9. The Balaban J connectivity index is 1.01. The molecule has 8 rings (SSSR count). The summed E-state index contributed by atoms with van der Waals surface area (Å²) in [6.07, 6.45) is 4.21. The highest BCUT2D eigenvalue weighted by molar-refractivity contribution is 7.25. The average molecular weight is 777 g/mol. The lowest BCUT2D eigenvalue weighted by Crippen LogP contribution is -2.50. The maximum atomic E-state index is 13.6. The van der Waals surface area contributed by atoms with Crippen LogP contribution in [0.2, 0.25) is 0 Å². The smallest absolute Gasteiger partial charge is 0.407 e. The number of piperidine rings is 1. The number of aromatic nitrogens is 4. The Morgan fingerprint density at radius 2 is 1.66 bits per heavy atom. The second-order valence-electron chi connectivity index (χ2n) is 14.6. The average Bonchev–Trinajstić information content (AvgIpc) is 4.06. The molecule has 0 radical (unpaired) electrons. The van der Waals surface area contributed by atoms with Crippen molar-refractivity contribution in [3.05, 3.63) is 72.4 Å². The summed E-state index contributed by atoms with van der Waals surface area (Å²) in [5, 5.41) is 7.44. The van der Waals surface area contributed by atoms with E-state index in [4.69, 9.17) is 9.72 Å². The lowest BCUT2D eigenvalue weighted by molar-refractivity contribution is -0.137. The molecule has 4 amide bonds. The van der Waals surface area contributed by atoms with Crippen LogP contribution in [0.3, 0.4) is 0 Å². The standard InChI is InChI=1S/C41H44N8O6S/c1-5-14-48(36(50)20-43-40(52)54-3)21-35-42-19-32(45-35)25-8-12-29-28-11-7-24(17-33(28)56-34(29)18-25)23-9-13-30-31(16-23)47-38(46-30)37-26-6-10-27(15-26)49(37)39(51)22(2)44-41(53)55-4/h7-9,11-13,16-19,22,26-27,37H,5-6,10,14-15,20-21H2,1-4H3,(H,42,45)(H,43,52)(H,44,53)(H,46,47). The van der Waals surface area contributed by atoms with Crippen molar-refractivity contribution in [2.75, 3.05) is 27.3 Å². The number of rotatable bonds is 11. The van der Waals surface area contributed by atoms with Gasteiger partial charge in [0.2, 0.25) is 11.8 Å². The summed E-state index contributed by atoms with van der Waals surface area (Å²) >= 11 is 1.73. The number of carbonyl (C=O) groups is 4. The van der Waals surface area contributed by atoms with Gasteiger partial charge in [0.1, 0.15) is 24.2 Å². The summed E-state index contributed by atoms with van der Waals surface area (Å²) in [4.78, 5) is 69.8. The molecule has 2 fully saturated rings. The van der Waals surface area contributed by atoms with Crippen molar-refractivity contribution in [3.63, 3.8) is 0 Å². The molecule has 2 bridgehead atoms. The van der Waals surface area contributed by atoms with Crippen LogP contribution in [0, 0.1) is 5.92 Å². The van der Waals surface area contributed by atoms with Gasteiger partial charge in [-0.05, 0) is 73.9 Å². The van der Waals surface area contributed by atoms with Gasteiger partial charge in [-0.15, -0.1) is 11.3 Å². The topological polar surface area (TPSA) is 175 Å². The van der Waals surface area contributed by atoms with Crippen LogP contribution in [0.1, 0.15) is 57.2 Å². The Hall–Kier alpha value is -5.96. The number of ether oxygens (including phenoxy) is 2. The van der Waals surface area contributed by atoms with E-state index < -0.39 is 18.2 Å². The highest BCUT2D eigenvalue weighted by Crippen LogP contribution is 2.50. The second-order valence-corrected chi connectivity index (χ2v) is 15.6. The maximum absolute atomic E-state index is 13.6. The number of thiophene rings is 1. The Morgan fingerprint density at radius 3 is 2.41 bits per heavy atom. The predicted molar refractivity (Wildman–Crippen MR) is 214 cm³/mol. The number of methoxy groups -OCH3 is 2. The zero-order valence-electron chi connectivity index (χ0n) is 31.7. The third-order valence-electron chi connectivity index (χ3n) is 11.0. The number of carbonyl (C=O) groups excluding carboxylic acids is 4. The number of likely N-dealkylation sites (tertiary alicyclic amines) is 1. The van der Waals surface area contributed by atoms with Crippen LogP contribution >= 0.6 is 11.3 Å². The van der Waals surface area contributed by atoms with E-state index in [1.807, 2.05) is 17.9 Å². The monoisotopic (exact) mass is 776 g/mol. The maximum Gasteiger partial charge on any atom is 0.407 e. The molecule has 1 saturated carbocycles. The number of benzene rings is 3. The summed E-state index contributed by atoms with van der Waals surface area (Å²) in [7, 11) is 2.55. The Bertz CT molecular complexity index is 2470. The molecule has 4 atom stereocenters. The van der Waals surface area contributed by atoms with Crippen molar-refractivity contribution in [3.8, 4) is 22.4 Å². The molecular formula is C41H44N8O6S. The number of aromatic amines is 2. The van der Waals surface area contributed by atoms with Gasteiger partial charge in [-0.3, -0.25) is 9.59 Å². The molecule has 56 heavy (non-hydrogen) atoms. The van der Waals surface area contributed by atoms with Gasteiger partial charge in [0.25, 0.3) is 0 Å². The first-order valence-corrected chi connectivity index (χ1v) is 19.7. The van der Waals surface area contributed by atoms with E-state index >= 15 is 0 Å². The zero-order valence-corrected chi connectivity index (χ0v) is 32.5. The van der Waals surface area contributed by atoms with E-state index in [-0.39, 0.29) is 30.4 Å². The van der Waals surface area contributed by atoms with E-state index in [1.54, 1.807) is 29.4 Å². The number of alkyl carbamates (subject to hydrolysis) is 2. The predicted octanol–water partition coefficient (Wildman–Crippen LogP) is 6.88. The Morgan fingerprint density at radius 1 is 0.946 bits per heavy atom. The molecule has 1 aliphatic carbocycles. The van der Waals surface area contributed by atoms with Crippen molar-refractivity contribution in [2.24, 2.45) is 5.92 Å². The van der Waals surface area contributed by atoms with Crippen LogP contribution in [-0.4, -0.2) is 93.1 Å². The van der Waals surface area contributed by atoms with Gasteiger partial charge in [0.15, 0.2) is 0 Å². The van der Waals surface area contributed by atoms with Gasteiger partial charge in [0.05, 0.1) is 49.7 Å². The molecule has 0 spiro atoms.